The van der Waals surface area contributed by atoms with E-state index < -0.39 is 15.9 Å². The predicted molar refractivity (Wildman–Crippen MR) is 109 cm³/mol. The van der Waals surface area contributed by atoms with Gasteiger partial charge in [-0.3, -0.25) is 4.79 Å². The molecule has 2 aromatic carbocycles. The minimum atomic E-state index is -3.90. The van der Waals surface area contributed by atoms with E-state index in [4.69, 9.17) is 11.6 Å². The van der Waals surface area contributed by atoms with Crippen molar-refractivity contribution >= 4 is 33.3 Å². The highest BCUT2D eigenvalue weighted by molar-refractivity contribution is 7.89. The number of anilines is 1. The van der Waals surface area contributed by atoms with Crippen LogP contribution in [0.15, 0.2) is 71.8 Å². The molecule has 1 heterocycles. The Morgan fingerprint density at radius 3 is 2.54 bits per heavy atom. The van der Waals surface area contributed by atoms with Crippen molar-refractivity contribution in [3.05, 3.63) is 88.6 Å². The highest BCUT2D eigenvalue weighted by Gasteiger charge is 2.20. The molecular formula is C20H18ClN3O3S. The van der Waals surface area contributed by atoms with Crippen LogP contribution in [0.2, 0.25) is 5.02 Å². The van der Waals surface area contributed by atoms with Gasteiger partial charge in [-0.1, -0.05) is 41.9 Å². The molecule has 0 fully saturated rings. The second kappa shape index (κ2) is 8.52. The van der Waals surface area contributed by atoms with E-state index >= 15 is 0 Å². The summed E-state index contributed by atoms with van der Waals surface area (Å²) in [5.74, 6) is -0.0964. The first-order valence-corrected chi connectivity index (χ1v) is 10.3. The van der Waals surface area contributed by atoms with Gasteiger partial charge >= 0.3 is 0 Å². The fraction of sp³-hybridized carbons (Fsp3) is 0.100. The molecule has 8 heteroatoms. The summed E-state index contributed by atoms with van der Waals surface area (Å²) in [7, 11) is -3.90. The third-order valence-corrected chi connectivity index (χ3v) is 5.83. The maximum absolute atomic E-state index is 12.7. The number of amides is 1. The number of carbonyl (C=O) groups excluding carboxylic acids is 1. The third-order valence-electron chi connectivity index (χ3n) is 3.95. The Hall–Kier alpha value is -2.74. The lowest BCUT2D eigenvalue weighted by atomic mass is 10.2. The molecule has 0 spiro atoms. The lowest BCUT2D eigenvalue weighted by Crippen LogP contribution is -2.24. The van der Waals surface area contributed by atoms with Crippen molar-refractivity contribution < 1.29 is 13.2 Å². The van der Waals surface area contributed by atoms with Gasteiger partial charge in [-0.25, -0.2) is 18.1 Å². The minimum absolute atomic E-state index is 0.0331. The average Bonchev–Trinajstić information content (AvgIpc) is 2.67. The number of benzene rings is 2. The quantitative estimate of drug-likeness (QED) is 0.641. The van der Waals surface area contributed by atoms with Crippen LogP contribution in [-0.2, 0) is 16.6 Å². The number of aryl methyl sites for hydroxylation is 1. The minimum Gasteiger partial charge on any atom is -0.307 e. The molecule has 1 amide bonds. The second-order valence-corrected chi connectivity index (χ2v) is 8.27. The SMILES string of the molecule is Cc1ccnc(NC(=O)c2ccc(Cl)c(S(=O)(=O)NCc3ccccc3)c2)c1. The highest BCUT2D eigenvalue weighted by atomic mass is 35.5. The summed E-state index contributed by atoms with van der Waals surface area (Å²) in [4.78, 5) is 16.4. The van der Waals surface area contributed by atoms with E-state index in [9.17, 15) is 13.2 Å². The Bertz CT molecular complexity index is 1100. The Morgan fingerprint density at radius 1 is 1.07 bits per heavy atom. The number of aromatic nitrogens is 1. The van der Waals surface area contributed by atoms with Crippen LogP contribution in [0, 0.1) is 6.92 Å². The number of hydrogen-bond acceptors (Lipinski definition) is 4. The predicted octanol–water partition coefficient (Wildman–Crippen LogP) is 3.77. The van der Waals surface area contributed by atoms with Crippen LogP contribution in [0.5, 0.6) is 0 Å². The normalized spacial score (nSPS) is 11.2. The van der Waals surface area contributed by atoms with Crippen LogP contribution in [-0.4, -0.2) is 19.3 Å². The second-order valence-electron chi connectivity index (χ2n) is 6.13. The van der Waals surface area contributed by atoms with Crippen LogP contribution >= 0.6 is 11.6 Å². The lowest BCUT2D eigenvalue weighted by molar-refractivity contribution is 0.102. The van der Waals surface area contributed by atoms with E-state index in [-0.39, 0.29) is 22.0 Å². The molecule has 0 atom stereocenters. The third kappa shape index (κ3) is 4.95. The van der Waals surface area contributed by atoms with Crippen molar-refractivity contribution in [1.29, 1.82) is 0 Å². The molecule has 3 aromatic rings. The van der Waals surface area contributed by atoms with Gasteiger partial charge in [0.05, 0.1) is 5.02 Å². The topological polar surface area (TPSA) is 88.2 Å². The Morgan fingerprint density at radius 2 is 1.82 bits per heavy atom. The van der Waals surface area contributed by atoms with Crippen molar-refractivity contribution in [1.82, 2.24) is 9.71 Å². The summed E-state index contributed by atoms with van der Waals surface area (Å²) in [6.07, 6.45) is 1.58. The maximum atomic E-state index is 12.7. The summed E-state index contributed by atoms with van der Waals surface area (Å²) in [6.45, 7) is 1.99. The first-order chi connectivity index (χ1) is 13.3. The molecule has 1 aromatic heterocycles. The molecule has 0 saturated carbocycles. The van der Waals surface area contributed by atoms with Gasteiger partial charge in [0, 0.05) is 18.3 Å². The van der Waals surface area contributed by atoms with E-state index in [0.717, 1.165) is 11.1 Å². The zero-order valence-corrected chi connectivity index (χ0v) is 16.6. The van der Waals surface area contributed by atoms with Crippen LogP contribution in [0.4, 0.5) is 5.82 Å². The van der Waals surface area contributed by atoms with E-state index in [0.29, 0.717) is 5.82 Å². The molecule has 0 aliphatic heterocycles. The Labute approximate surface area is 168 Å². The van der Waals surface area contributed by atoms with Crippen molar-refractivity contribution in [2.45, 2.75) is 18.4 Å². The fourth-order valence-corrected chi connectivity index (χ4v) is 4.04. The smallest absolute Gasteiger partial charge is 0.256 e. The maximum Gasteiger partial charge on any atom is 0.256 e. The standard InChI is InChI=1S/C20H18ClN3O3S/c1-14-9-10-22-19(11-14)24-20(25)16-7-8-17(21)18(12-16)28(26,27)23-13-15-5-3-2-4-6-15/h2-12,23H,13H2,1H3,(H,22,24,25). The number of pyridine rings is 1. The van der Waals surface area contributed by atoms with Crippen molar-refractivity contribution in [2.24, 2.45) is 0 Å². The molecule has 0 saturated heterocycles. The molecule has 3 rings (SSSR count). The molecule has 0 radical (unpaired) electrons. The monoisotopic (exact) mass is 415 g/mol. The Kier molecular flexibility index (Phi) is 6.08. The van der Waals surface area contributed by atoms with Gasteiger partial charge in [0.15, 0.2) is 0 Å². The van der Waals surface area contributed by atoms with Crippen molar-refractivity contribution in [2.75, 3.05) is 5.32 Å². The van der Waals surface area contributed by atoms with Gasteiger partial charge in [-0.2, -0.15) is 0 Å². The van der Waals surface area contributed by atoms with Gasteiger partial charge in [0.2, 0.25) is 10.0 Å². The summed E-state index contributed by atoms with van der Waals surface area (Å²) in [5, 5.41) is 2.68. The fourth-order valence-electron chi connectivity index (χ4n) is 2.50. The summed E-state index contributed by atoms with van der Waals surface area (Å²) >= 11 is 6.08. The van der Waals surface area contributed by atoms with Crippen LogP contribution in [0.25, 0.3) is 0 Å². The first-order valence-electron chi connectivity index (χ1n) is 8.42. The Balaban J connectivity index is 1.81. The molecule has 0 aliphatic rings. The summed E-state index contributed by atoms with van der Waals surface area (Å²) in [6, 6.07) is 16.7. The van der Waals surface area contributed by atoms with Crippen molar-refractivity contribution in [3.63, 3.8) is 0 Å². The first kappa shape index (κ1) is 20.0. The molecule has 28 heavy (non-hydrogen) atoms. The highest BCUT2D eigenvalue weighted by Crippen LogP contribution is 2.23. The van der Waals surface area contributed by atoms with E-state index in [1.54, 1.807) is 18.3 Å². The van der Waals surface area contributed by atoms with E-state index in [2.05, 4.69) is 15.0 Å². The largest absolute Gasteiger partial charge is 0.307 e. The number of nitrogens with zero attached hydrogens (tertiary/aromatic N) is 1. The van der Waals surface area contributed by atoms with Gasteiger partial charge < -0.3 is 5.32 Å². The number of rotatable bonds is 6. The molecule has 144 valence electrons. The zero-order valence-electron chi connectivity index (χ0n) is 15.0. The average molecular weight is 416 g/mol. The van der Waals surface area contributed by atoms with Gasteiger partial charge in [-0.05, 0) is 48.4 Å². The van der Waals surface area contributed by atoms with Crippen molar-refractivity contribution in [3.8, 4) is 0 Å². The molecule has 2 N–H and O–H groups in total. The van der Waals surface area contributed by atoms with Crippen LogP contribution < -0.4 is 10.0 Å². The number of halogens is 1. The molecule has 0 aliphatic carbocycles. The van der Waals surface area contributed by atoms with E-state index in [1.165, 1.54) is 18.2 Å². The molecule has 6 nitrogen and oxygen atoms in total. The number of nitrogens with one attached hydrogen (secondary N) is 2. The lowest BCUT2D eigenvalue weighted by Gasteiger charge is -2.11. The molecular weight excluding hydrogens is 398 g/mol. The summed E-state index contributed by atoms with van der Waals surface area (Å²) < 4.78 is 27.8. The van der Waals surface area contributed by atoms with Crippen LogP contribution in [0.3, 0.4) is 0 Å². The molecule has 0 bridgehead atoms. The summed E-state index contributed by atoms with van der Waals surface area (Å²) in [5.41, 5.74) is 1.91. The number of hydrogen-bond donors (Lipinski definition) is 2. The van der Waals surface area contributed by atoms with Gasteiger partial charge in [0.1, 0.15) is 10.7 Å². The van der Waals surface area contributed by atoms with Gasteiger partial charge in [0.25, 0.3) is 5.91 Å². The zero-order chi connectivity index (χ0) is 20.1. The number of carbonyl (C=O) groups is 1. The molecule has 0 unspecified atom stereocenters. The van der Waals surface area contributed by atoms with E-state index in [1.807, 2.05) is 37.3 Å². The van der Waals surface area contributed by atoms with Crippen LogP contribution in [0.1, 0.15) is 21.5 Å². The number of sulfonamides is 1. The van der Waals surface area contributed by atoms with Gasteiger partial charge in [-0.15, -0.1) is 0 Å².